The number of methoxy groups -OCH3 is 1. The average molecular weight is 298 g/mol. The molecule has 1 saturated carbocycles. The van der Waals surface area contributed by atoms with Crippen LogP contribution in [-0.2, 0) is 19.0 Å². The van der Waals surface area contributed by atoms with E-state index in [1.54, 1.807) is 0 Å². The second-order valence-electron chi connectivity index (χ2n) is 7.32. The van der Waals surface area contributed by atoms with Crippen molar-refractivity contribution < 1.29 is 24.1 Å². The Labute approximate surface area is 125 Å². The van der Waals surface area contributed by atoms with Crippen LogP contribution >= 0.6 is 0 Å². The molecule has 0 unspecified atom stereocenters. The fourth-order valence-corrected chi connectivity index (χ4v) is 4.00. The molecule has 5 atom stereocenters. The van der Waals surface area contributed by atoms with Gasteiger partial charge in [-0.3, -0.25) is 4.79 Å². The van der Waals surface area contributed by atoms with Crippen molar-refractivity contribution in [1.82, 2.24) is 0 Å². The third kappa shape index (κ3) is 2.01. The van der Waals surface area contributed by atoms with Crippen molar-refractivity contribution >= 4 is 5.78 Å². The van der Waals surface area contributed by atoms with E-state index in [9.17, 15) is 9.90 Å². The molecular weight excluding hydrogens is 272 g/mol. The Kier molecular flexibility index (Phi) is 3.49. The van der Waals surface area contributed by atoms with Gasteiger partial charge in [0.25, 0.3) is 0 Å². The molecule has 5 heteroatoms. The molecule has 1 N–H and O–H groups in total. The Morgan fingerprint density at radius 2 is 2.14 bits per heavy atom. The topological polar surface area (TPSA) is 71.6 Å². The smallest absolute Gasteiger partial charge is 0.164 e. The molecule has 0 aromatic heterocycles. The van der Waals surface area contributed by atoms with Crippen LogP contribution in [0.5, 0.6) is 0 Å². The van der Waals surface area contributed by atoms with Crippen molar-refractivity contribution in [2.45, 2.75) is 75.5 Å². The predicted molar refractivity (Wildman–Crippen MR) is 76.0 cm³/mol. The molecule has 3 fully saturated rings. The average Bonchev–Trinajstić information content (AvgIpc) is 3.31. The molecule has 5 nitrogen and oxygen atoms in total. The summed E-state index contributed by atoms with van der Waals surface area (Å²) in [6, 6.07) is 0. The van der Waals surface area contributed by atoms with Gasteiger partial charge in [0.2, 0.25) is 0 Å². The highest BCUT2D eigenvalue weighted by Gasteiger charge is 2.81. The van der Waals surface area contributed by atoms with Crippen LogP contribution in [0.15, 0.2) is 0 Å². The lowest BCUT2D eigenvalue weighted by atomic mass is 9.64. The molecule has 2 aliphatic heterocycles. The second kappa shape index (κ2) is 4.75. The molecule has 21 heavy (non-hydrogen) atoms. The van der Waals surface area contributed by atoms with Crippen LogP contribution < -0.4 is 0 Å². The van der Waals surface area contributed by atoms with E-state index in [4.69, 9.17) is 14.2 Å². The van der Waals surface area contributed by atoms with E-state index in [0.717, 1.165) is 12.8 Å². The summed E-state index contributed by atoms with van der Waals surface area (Å²) in [5.74, 6) is 0.533. The van der Waals surface area contributed by atoms with Crippen molar-refractivity contribution in [3.63, 3.8) is 0 Å². The summed E-state index contributed by atoms with van der Waals surface area (Å²) < 4.78 is 16.9. The number of epoxide rings is 2. The summed E-state index contributed by atoms with van der Waals surface area (Å²) >= 11 is 0. The van der Waals surface area contributed by atoms with Crippen molar-refractivity contribution in [3.05, 3.63) is 0 Å². The number of ether oxygens (including phenoxy) is 3. The van der Waals surface area contributed by atoms with Crippen LogP contribution in [-0.4, -0.2) is 53.6 Å². The zero-order valence-corrected chi connectivity index (χ0v) is 13.3. The van der Waals surface area contributed by atoms with Gasteiger partial charge in [0, 0.05) is 13.5 Å². The highest BCUT2D eigenvalue weighted by molar-refractivity contribution is 5.87. The summed E-state index contributed by atoms with van der Waals surface area (Å²) in [6.07, 6.45) is 1.98. The van der Waals surface area contributed by atoms with E-state index in [1.807, 2.05) is 6.92 Å². The first kappa shape index (κ1) is 15.4. The molecule has 3 aliphatic rings. The molecule has 0 aromatic rings. The third-order valence-corrected chi connectivity index (χ3v) is 5.58. The second-order valence-corrected chi connectivity index (χ2v) is 7.32. The molecule has 0 bridgehead atoms. The summed E-state index contributed by atoms with van der Waals surface area (Å²) in [4.78, 5) is 12.2. The summed E-state index contributed by atoms with van der Waals surface area (Å²) in [7, 11) is 1.48. The molecule has 0 aromatic carbocycles. The molecule has 0 radical (unpaired) electrons. The zero-order chi connectivity index (χ0) is 15.5. The Hall–Kier alpha value is -0.490. The quantitative estimate of drug-likeness (QED) is 0.778. The fourth-order valence-electron chi connectivity index (χ4n) is 4.00. The van der Waals surface area contributed by atoms with E-state index in [0.29, 0.717) is 25.4 Å². The van der Waals surface area contributed by atoms with E-state index in [2.05, 4.69) is 13.8 Å². The number of hydrogen-bond acceptors (Lipinski definition) is 5. The van der Waals surface area contributed by atoms with Gasteiger partial charge in [0.05, 0.1) is 12.7 Å². The number of rotatable bonds is 5. The third-order valence-electron chi connectivity index (χ3n) is 5.58. The largest absolute Gasteiger partial charge is 0.380 e. The molecular formula is C16H26O5. The number of Topliss-reactive ketones (excluding diaryl/α,β-unsaturated/α-hetero) is 1. The maximum atomic E-state index is 12.2. The summed E-state index contributed by atoms with van der Waals surface area (Å²) in [6.45, 7) is 6.71. The Bertz CT molecular complexity index is 444. The SMILES string of the molecule is CO[C@@H]1C(=O)CC[C@@]2(CO2)[C@]1(O)[C@@]1(C)O[C@H]1CCC(C)C. The molecule has 120 valence electrons. The van der Waals surface area contributed by atoms with Crippen molar-refractivity contribution in [1.29, 1.82) is 0 Å². The number of carbonyl (C=O) groups excluding carboxylic acids is 1. The van der Waals surface area contributed by atoms with Gasteiger partial charge in [0.15, 0.2) is 11.4 Å². The first-order valence-corrected chi connectivity index (χ1v) is 7.90. The van der Waals surface area contributed by atoms with Crippen LogP contribution in [0, 0.1) is 5.92 Å². The molecule has 0 amide bonds. The minimum absolute atomic E-state index is 0.0328. The van der Waals surface area contributed by atoms with Crippen LogP contribution in [0.4, 0.5) is 0 Å². The van der Waals surface area contributed by atoms with Gasteiger partial charge in [-0.15, -0.1) is 0 Å². The highest BCUT2D eigenvalue weighted by atomic mass is 16.7. The van der Waals surface area contributed by atoms with Gasteiger partial charge in [-0.2, -0.15) is 0 Å². The molecule has 1 aliphatic carbocycles. The lowest BCUT2D eigenvalue weighted by molar-refractivity contribution is -0.193. The number of ketones is 1. The van der Waals surface area contributed by atoms with E-state index >= 15 is 0 Å². The minimum Gasteiger partial charge on any atom is -0.380 e. The molecule has 2 saturated heterocycles. The Morgan fingerprint density at radius 3 is 2.67 bits per heavy atom. The first-order chi connectivity index (χ1) is 9.81. The maximum Gasteiger partial charge on any atom is 0.164 e. The normalized spacial score (nSPS) is 49.0. The lowest BCUT2D eigenvalue weighted by Crippen LogP contribution is -2.69. The van der Waals surface area contributed by atoms with Crippen molar-refractivity contribution in [2.24, 2.45) is 5.92 Å². The lowest BCUT2D eigenvalue weighted by Gasteiger charge is -2.45. The van der Waals surface area contributed by atoms with Gasteiger partial charge in [-0.1, -0.05) is 13.8 Å². The minimum atomic E-state index is -1.38. The van der Waals surface area contributed by atoms with E-state index in [-0.39, 0.29) is 11.9 Å². The van der Waals surface area contributed by atoms with Gasteiger partial charge in [-0.25, -0.2) is 0 Å². The van der Waals surface area contributed by atoms with Gasteiger partial charge < -0.3 is 19.3 Å². The molecule has 2 heterocycles. The summed E-state index contributed by atoms with van der Waals surface area (Å²) in [5, 5.41) is 11.4. The number of carbonyl (C=O) groups is 1. The maximum absolute atomic E-state index is 12.2. The van der Waals surface area contributed by atoms with Crippen molar-refractivity contribution in [3.8, 4) is 0 Å². The van der Waals surface area contributed by atoms with E-state index in [1.165, 1.54) is 7.11 Å². The Balaban J connectivity index is 1.85. The summed E-state index contributed by atoms with van der Waals surface area (Å²) in [5.41, 5.74) is -2.80. The zero-order valence-electron chi connectivity index (χ0n) is 13.3. The molecule has 1 spiro atoms. The van der Waals surface area contributed by atoms with Crippen LogP contribution in [0.25, 0.3) is 0 Å². The van der Waals surface area contributed by atoms with Crippen LogP contribution in [0.3, 0.4) is 0 Å². The van der Waals surface area contributed by atoms with Gasteiger partial charge >= 0.3 is 0 Å². The van der Waals surface area contributed by atoms with Gasteiger partial charge in [0.1, 0.15) is 17.3 Å². The highest BCUT2D eigenvalue weighted by Crippen LogP contribution is 2.61. The number of hydrogen-bond donors (Lipinski definition) is 1. The Morgan fingerprint density at radius 1 is 1.48 bits per heavy atom. The standard InChI is InChI=1S/C16H26O5/c1-10(2)5-6-12-14(3,21-12)16(18)13(19-4)11(17)7-8-15(16)9-20-15/h10,12-13,18H,5-9H2,1-4H3/t12-,13+,14-,15+,16+/m0/s1. The fraction of sp³-hybridized carbons (Fsp3) is 0.938. The van der Waals surface area contributed by atoms with Crippen molar-refractivity contribution in [2.75, 3.05) is 13.7 Å². The van der Waals surface area contributed by atoms with Crippen LogP contribution in [0.1, 0.15) is 46.5 Å². The predicted octanol–water partition coefficient (Wildman–Crippen LogP) is 1.46. The number of aliphatic hydroxyl groups is 1. The monoisotopic (exact) mass is 298 g/mol. The molecule has 3 rings (SSSR count). The van der Waals surface area contributed by atoms with Crippen LogP contribution in [0.2, 0.25) is 0 Å². The van der Waals surface area contributed by atoms with Gasteiger partial charge in [-0.05, 0) is 32.1 Å². The van der Waals surface area contributed by atoms with E-state index < -0.39 is 22.9 Å². The first-order valence-electron chi connectivity index (χ1n) is 7.90.